The highest BCUT2D eigenvalue weighted by Crippen LogP contribution is 2.28. The van der Waals surface area contributed by atoms with E-state index in [9.17, 15) is 22.4 Å². The summed E-state index contributed by atoms with van der Waals surface area (Å²) in [5.41, 5.74) is 0.930. The number of esters is 1. The van der Waals surface area contributed by atoms with Crippen molar-refractivity contribution in [2.75, 3.05) is 0 Å². The number of benzene rings is 1. The molecule has 1 aromatic carbocycles. The Balaban J connectivity index is 0.000000211. The summed E-state index contributed by atoms with van der Waals surface area (Å²) in [5, 5.41) is -0.0881. The van der Waals surface area contributed by atoms with E-state index in [0.717, 1.165) is 31.2 Å². The third kappa shape index (κ3) is 10.9. The van der Waals surface area contributed by atoms with Crippen LogP contribution in [0.1, 0.15) is 98.1 Å². The van der Waals surface area contributed by atoms with E-state index < -0.39 is 21.7 Å². The molecule has 0 aromatic heterocycles. The molecular weight excluding hydrogens is 511 g/mol. The average Bonchev–Trinajstić information content (AvgIpc) is 3.36. The normalized spacial score (nSPS) is 17.4. The smallest absolute Gasteiger partial charge is 0.410 e. The zero-order valence-corrected chi connectivity index (χ0v) is 24.7. The molecule has 0 radical (unpaired) electrons. The second kappa shape index (κ2) is 13.7. The molecular formula is C28H45FN2O6S. The minimum Gasteiger partial charge on any atom is -0.462 e. The SMILES string of the molecule is CC(C)(C)OC(=O)N1Cc2cccc(F)c2C1.CC(C)C(=O)OC1CCCC1.CC(C)NS(=O)(=O)C1CC1. The summed E-state index contributed by atoms with van der Waals surface area (Å²) in [4.78, 5) is 24.4. The standard InChI is InChI=1S/C13H16FNO2.C9H16O2.C6H13NO2S/c1-13(2,3)17-12(16)15-7-9-5-4-6-11(14)10(9)8-15;1-7(2)9(10)11-8-5-3-4-6-8;1-5(2)7-10(8,9)6-3-4-6/h4-6H,7-8H2,1-3H3;7-8H,3-6H2,1-2H3;5-7H,3-4H2,1-2H3. The van der Waals surface area contributed by atoms with Crippen molar-refractivity contribution < 1.29 is 31.9 Å². The van der Waals surface area contributed by atoms with Gasteiger partial charge in [-0.15, -0.1) is 0 Å². The van der Waals surface area contributed by atoms with Crippen molar-refractivity contribution in [1.82, 2.24) is 9.62 Å². The maximum absolute atomic E-state index is 13.5. The van der Waals surface area contributed by atoms with Gasteiger partial charge in [0.1, 0.15) is 17.5 Å². The largest absolute Gasteiger partial charge is 0.462 e. The number of sulfonamides is 1. The number of halogens is 1. The number of carbonyl (C=O) groups excluding carboxylic acids is 2. The fourth-order valence-electron chi connectivity index (χ4n) is 3.95. The van der Waals surface area contributed by atoms with E-state index in [1.54, 1.807) is 6.07 Å². The van der Waals surface area contributed by atoms with Crippen molar-refractivity contribution in [3.63, 3.8) is 0 Å². The van der Waals surface area contributed by atoms with E-state index in [-0.39, 0.29) is 41.6 Å². The molecule has 8 nitrogen and oxygen atoms in total. The van der Waals surface area contributed by atoms with Crippen LogP contribution in [0.25, 0.3) is 0 Å². The molecule has 3 aliphatic rings. The Labute approximate surface area is 227 Å². The first-order valence-electron chi connectivity index (χ1n) is 13.5. The number of amides is 1. The predicted molar refractivity (Wildman–Crippen MR) is 145 cm³/mol. The first-order valence-corrected chi connectivity index (χ1v) is 15.1. The molecule has 2 saturated carbocycles. The number of hydrogen-bond donors (Lipinski definition) is 1. The first kappa shape index (κ1) is 32.0. The first-order chi connectivity index (χ1) is 17.6. The summed E-state index contributed by atoms with van der Waals surface area (Å²) in [6.45, 7) is 13.6. The lowest BCUT2D eigenvalue weighted by atomic mass is 10.1. The summed E-state index contributed by atoms with van der Waals surface area (Å²) in [7, 11) is -2.94. The Morgan fingerprint density at radius 2 is 1.63 bits per heavy atom. The van der Waals surface area contributed by atoms with Crippen LogP contribution in [0.3, 0.4) is 0 Å². The van der Waals surface area contributed by atoms with Gasteiger partial charge in [-0.1, -0.05) is 26.0 Å². The molecule has 216 valence electrons. The summed E-state index contributed by atoms with van der Waals surface area (Å²) < 4.78 is 48.7. The van der Waals surface area contributed by atoms with Crippen molar-refractivity contribution >= 4 is 22.1 Å². The van der Waals surface area contributed by atoms with Crippen molar-refractivity contribution in [3.05, 3.63) is 35.1 Å². The number of carbonyl (C=O) groups is 2. The van der Waals surface area contributed by atoms with Gasteiger partial charge in [0.25, 0.3) is 0 Å². The number of ether oxygens (including phenoxy) is 2. The molecule has 1 N–H and O–H groups in total. The molecule has 2 fully saturated rings. The van der Waals surface area contributed by atoms with Crippen LogP contribution in [0.5, 0.6) is 0 Å². The zero-order chi connectivity index (χ0) is 28.7. The molecule has 0 spiro atoms. The van der Waals surface area contributed by atoms with Crippen molar-refractivity contribution in [2.45, 2.75) is 123 Å². The molecule has 1 heterocycles. The summed E-state index contributed by atoms with van der Waals surface area (Å²) in [6, 6.07) is 4.94. The minimum absolute atomic E-state index is 0.0237. The van der Waals surface area contributed by atoms with E-state index in [4.69, 9.17) is 9.47 Å². The molecule has 4 rings (SSSR count). The number of fused-ring (bicyclic) bond motifs is 1. The highest BCUT2D eigenvalue weighted by molar-refractivity contribution is 7.90. The van der Waals surface area contributed by atoms with Gasteiger partial charge in [-0.3, -0.25) is 9.69 Å². The molecule has 0 unspecified atom stereocenters. The fraction of sp³-hybridized carbons (Fsp3) is 0.714. The second-order valence-electron chi connectivity index (χ2n) is 11.7. The molecule has 38 heavy (non-hydrogen) atoms. The molecule has 0 saturated heterocycles. The van der Waals surface area contributed by atoms with Crippen LogP contribution in [-0.4, -0.2) is 48.4 Å². The lowest BCUT2D eigenvalue weighted by Gasteiger charge is -2.24. The molecule has 1 aromatic rings. The van der Waals surface area contributed by atoms with Crippen molar-refractivity contribution in [3.8, 4) is 0 Å². The van der Waals surface area contributed by atoms with Crippen LogP contribution in [0.15, 0.2) is 18.2 Å². The summed E-state index contributed by atoms with van der Waals surface area (Å²) in [6.07, 6.45) is 6.07. The third-order valence-electron chi connectivity index (χ3n) is 6.00. The molecule has 10 heteroatoms. The van der Waals surface area contributed by atoms with Crippen LogP contribution < -0.4 is 4.72 Å². The van der Waals surface area contributed by atoms with E-state index >= 15 is 0 Å². The number of nitrogens with zero attached hydrogens (tertiary/aromatic N) is 1. The Bertz CT molecular complexity index is 1040. The predicted octanol–water partition coefficient (Wildman–Crippen LogP) is 5.68. The average molecular weight is 557 g/mol. The van der Waals surface area contributed by atoms with Crippen LogP contribution in [0.2, 0.25) is 0 Å². The Kier molecular flexibility index (Phi) is 11.6. The van der Waals surface area contributed by atoms with E-state index in [0.29, 0.717) is 12.1 Å². The fourth-order valence-corrected chi connectivity index (χ4v) is 5.55. The number of nitrogens with one attached hydrogen (secondary N) is 1. The Morgan fingerprint density at radius 1 is 1.03 bits per heavy atom. The van der Waals surface area contributed by atoms with Gasteiger partial charge in [0.15, 0.2) is 0 Å². The van der Waals surface area contributed by atoms with Gasteiger partial charge in [-0.25, -0.2) is 22.3 Å². The third-order valence-corrected chi connectivity index (χ3v) is 8.15. The van der Waals surface area contributed by atoms with Crippen molar-refractivity contribution in [1.29, 1.82) is 0 Å². The lowest BCUT2D eigenvalue weighted by molar-refractivity contribution is -0.152. The van der Waals surface area contributed by atoms with Crippen LogP contribution >= 0.6 is 0 Å². The number of hydrogen-bond acceptors (Lipinski definition) is 6. The van der Waals surface area contributed by atoms with Crippen LogP contribution in [0.4, 0.5) is 9.18 Å². The Hall–Kier alpha value is -2.20. The highest BCUT2D eigenvalue weighted by atomic mass is 32.2. The molecule has 1 aliphatic heterocycles. The maximum Gasteiger partial charge on any atom is 0.410 e. The van der Waals surface area contributed by atoms with Crippen LogP contribution in [0, 0.1) is 11.7 Å². The summed E-state index contributed by atoms with van der Waals surface area (Å²) in [5.74, 6) is -0.277. The van der Waals surface area contributed by atoms with Gasteiger partial charge in [0, 0.05) is 18.2 Å². The summed E-state index contributed by atoms with van der Waals surface area (Å²) >= 11 is 0. The quantitative estimate of drug-likeness (QED) is 0.468. The van der Waals surface area contributed by atoms with E-state index in [2.05, 4.69) is 4.72 Å². The van der Waals surface area contributed by atoms with Gasteiger partial charge < -0.3 is 9.47 Å². The monoisotopic (exact) mass is 556 g/mol. The van der Waals surface area contributed by atoms with E-state index in [1.165, 1.54) is 23.8 Å². The van der Waals surface area contributed by atoms with Crippen LogP contribution in [-0.2, 0) is 37.4 Å². The molecule has 0 atom stereocenters. The van der Waals surface area contributed by atoms with Gasteiger partial charge in [-0.2, -0.15) is 0 Å². The molecule has 1 amide bonds. The minimum atomic E-state index is -2.94. The highest BCUT2D eigenvalue weighted by Gasteiger charge is 2.35. The molecule has 2 aliphatic carbocycles. The molecule has 0 bridgehead atoms. The zero-order valence-electron chi connectivity index (χ0n) is 23.9. The van der Waals surface area contributed by atoms with Gasteiger partial charge in [-0.05, 0) is 84.8 Å². The van der Waals surface area contributed by atoms with Crippen molar-refractivity contribution in [2.24, 2.45) is 5.92 Å². The van der Waals surface area contributed by atoms with Gasteiger partial charge in [0.05, 0.1) is 17.7 Å². The number of rotatable bonds is 5. The second-order valence-corrected chi connectivity index (χ2v) is 13.7. The van der Waals surface area contributed by atoms with E-state index in [1.807, 2.05) is 54.5 Å². The maximum atomic E-state index is 13.5. The van der Waals surface area contributed by atoms with Gasteiger partial charge in [0.2, 0.25) is 10.0 Å². The Morgan fingerprint density at radius 3 is 2.11 bits per heavy atom. The lowest BCUT2D eigenvalue weighted by Crippen LogP contribution is -2.33. The topological polar surface area (TPSA) is 102 Å². The van der Waals surface area contributed by atoms with Gasteiger partial charge >= 0.3 is 12.1 Å².